The number of rotatable bonds is 5. The number of hydrogen-bond donors (Lipinski definition) is 2. The number of hydrogen-bond acceptors (Lipinski definition) is 4. The van der Waals surface area contributed by atoms with Crippen LogP contribution >= 0.6 is 0 Å². The molecule has 0 saturated heterocycles. The molecule has 1 aromatic rings. The van der Waals surface area contributed by atoms with Crippen molar-refractivity contribution in [3.8, 4) is 0 Å². The number of aryl methyl sites for hydroxylation is 1. The predicted octanol–water partition coefficient (Wildman–Crippen LogP) is 2.24. The van der Waals surface area contributed by atoms with E-state index in [1.165, 1.54) is 0 Å². The third-order valence-corrected chi connectivity index (χ3v) is 4.10. The lowest BCUT2D eigenvalue weighted by molar-refractivity contribution is -0.142. The molecular weight excluding hydrogens is 270 g/mol. The Morgan fingerprint density at radius 3 is 2.62 bits per heavy atom. The number of carboxylic acid groups (broad SMARTS) is 1. The molecule has 1 saturated carbocycles. The van der Waals surface area contributed by atoms with Crippen molar-refractivity contribution in [3.05, 3.63) is 22.7 Å². The highest BCUT2D eigenvalue weighted by atomic mass is 16.4. The molecule has 1 fully saturated rings. The fraction of sp³-hybridized carbons (Fsp3) is 0.667. The Balaban J connectivity index is 2.31. The van der Waals surface area contributed by atoms with Gasteiger partial charge in [0.2, 0.25) is 0 Å². The molecule has 21 heavy (non-hydrogen) atoms. The molecule has 0 unspecified atom stereocenters. The molecule has 2 N–H and O–H groups in total. The number of nitrogens with one attached hydrogen (secondary N) is 1. The summed E-state index contributed by atoms with van der Waals surface area (Å²) in [5.41, 5.74) is -1.31. The van der Waals surface area contributed by atoms with Crippen molar-refractivity contribution >= 4 is 11.8 Å². The summed E-state index contributed by atoms with van der Waals surface area (Å²) in [4.78, 5) is 28.2. The zero-order chi connectivity index (χ0) is 15.3. The first kappa shape index (κ1) is 15.5. The molecule has 1 aliphatic carbocycles. The Morgan fingerprint density at radius 2 is 2.05 bits per heavy atom. The van der Waals surface area contributed by atoms with Gasteiger partial charge in [0.15, 0.2) is 5.82 Å². The SMILES string of the molecule is CCCn1ccnc(NC2(C(=O)O)CCCCCC2)c1=O. The first-order valence-electron chi connectivity index (χ1n) is 7.66. The molecule has 0 aromatic carbocycles. The van der Waals surface area contributed by atoms with Crippen LogP contribution in [0.4, 0.5) is 5.82 Å². The molecule has 0 aliphatic heterocycles. The van der Waals surface area contributed by atoms with E-state index >= 15 is 0 Å². The third kappa shape index (κ3) is 3.43. The molecular formula is C15H23N3O3. The summed E-state index contributed by atoms with van der Waals surface area (Å²) in [6.45, 7) is 2.60. The van der Waals surface area contributed by atoms with E-state index in [2.05, 4.69) is 10.3 Å². The van der Waals surface area contributed by atoms with Crippen molar-refractivity contribution in [2.24, 2.45) is 0 Å². The fourth-order valence-electron chi connectivity index (χ4n) is 2.90. The van der Waals surface area contributed by atoms with Crippen LogP contribution in [0.2, 0.25) is 0 Å². The number of nitrogens with zero attached hydrogens (tertiary/aromatic N) is 2. The summed E-state index contributed by atoms with van der Waals surface area (Å²) in [6.07, 6.45) is 8.89. The zero-order valence-electron chi connectivity index (χ0n) is 12.5. The van der Waals surface area contributed by atoms with Gasteiger partial charge in [0.05, 0.1) is 0 Å². The molecule has 116 valence electrons. The molecule has 1 aliphatic rings. The van der Waals surface area contributed by atoms with Gasteiger partial charge in [-0.2, -0.15) is 0 Å². The molecule has 0 bridgehead atoms. The highest BCUT2D eigenvalue weighted by molar-refractivity contribution is 5.82. The summed E-state index contributed by atoms with van der Waals surface area (Å²) in [5.74, 6) is -0.744. The van der Waals surface area contributed by atoms with E-state index in [9.17, 15) is 14.7 Å². The molecule has 0 radical (unpaired) electrons. The van der Waals surface area contributed by atoms with Gasteiger partial charge in [-0.25, -0.2) is 9.78 Å². The lowest BCUT2D eigenvalue weighted by Gasteiger charge is -2.29. The molecule has 6 nitrogen and oxygen atoms in total. The number of aromatic nitrogens is 2. The Kier molecular flexibility index (Phi) is 4.98. The van der Waals surface area contributed by atoms with Crippen LogP contribution in [-0.4, -0.2) is 26.2 Å². The summed E-state index contributed by atoms with van der Waals surface area (Å²) >= 11 is 0. The Morgan fingerprint density at radius 1 is 1.38 bits per heavy atom. The minimum atomic E-state index is -1.06. The number of anilines is 1. The Bertz CT molecular complexity index is 545. The summed E-state index contributed by atoms with van der Waals surface area (Å²) < 4.78 is 1.57. The van der Waals surface area contributed by atoms with Gasteiger partial charge in [-0.3, -0.25) is 4.79 Å². The maximum Gasteiger partial charge on any atom is 0.329 e. The predicted molar refractivity (Wildman–Crippen MR) is 80.5 cm³/mol. The van der Waals surface area contributed by atoms with E-state index in [1.807, 2.05) is 6.92 Å². The third-order valence-electron chi connectivity index (χ3n) is 4.10. The van der Waals surface area contributed by atoms with Crippen LogP contribution in [0.3, 0.4) is 0 Å². The largest absolute Gasteiger partial charge is 0.480 e. The second-order valence-corrected chi connectivity index (χ2v) is 5.70. The van der Waals surface area contributed by atoms with Gasteiger partial charge in [-0.1, -0.05) is 32.6 Å². The molecule has 1 heterocycles. The van der Waals surface area contributed by atoms with Crippen molar-refractivity contribution < 1.29 is 9.90 Å². The lowest BCUT2D eigenvalue weighted by atomic mass is 9.90. The number of carboxylic acids is 1. The van der Waals surface area contributed by atoms with E-state index < -0.39 is 11.5 Å². The van der Waals surface area contributed by atoms with Gasteiger partial charge in [0.1, 0.15) is 5.54 Å². The highest BCUT2D eigenvalue weighted by Crippen LogP contribution is 2.29. The zero-order valence-corrected chi connectivity index (χ0v) is 12.5. The maximum absolute atomic E-state index is 12.3. The maximum atomic E-state index is 12.3. The average molecular weight is 293 g/mol. The summed E-state index contributed by atoms with van der Waals surface area (Å²) in [5, 5.41) is 12.6. The summed E-state index contributed by atoms with van der Waals surface area (Å²) in [7, 11) is 0. The van der Waals surface area contributed by atoms with Crippen LogP contribution in [0.5, 0.6) is 0 Å². The van der Waals surface area contributed by atoms with Gasteiger partial charge in [0.25, 0.3) is 5.56 Å². The lowest BCUT2D eigenvalue weighted by Crippen LogP contribution is -2.47. The standard InChI is InChI=1S/C15H23N3O3/c1-2-10-18-11-9-16-12(13(18)19)17-15(14(20)21)7-5-3-4-6-8-15/h9,11H,2-8,10H2,1H3,(H,16,17)(H,20,21). The van der Waals surface area contributed by atoms with Crippen LogP contribution in [0.15, 0.2) is 17.2 Å². The van der Waals surface area contributed by atoms with Crippen LogP contribution < -0.4 is 10.9 Å². The van der Waals surface area contributed by atoms with Gasteiger partial charge < -0.3 is 15.0 Å². The molecule has 0 spiro atoms. The van der Waals surface area contributed by atoms with E-state index in [0.717, 1.165) is 32.1 Å². The average Bonchev–Trinajstić information content (AvgIpc) is 2.70. The molecule has 1 aromatic heterocycles. The van der Waals surface area contributed by atoms with Crippen molar-refractivity contribution in [3.63, 3.8) is 0 Å². The minimum Gasteiger partial charge on any atom is -0.480 e. The van der Waals surface area contributed by atoms with Gasteiger partial charge in [-0.15, -0.1) is 0 Å². The van der Waals surface area contributed by atoms with Crippen LogP contribution in [0.25, 0.3) is 0 Å². The topological polar surface area (TPSA) is 84.2 Å². The van der Waals surface area contributed by atoms with Crippen molar-refractivity contribution in [1.29, 1.82) is 0 Å². The van der Waals surface area contributed by atoms with Crippen LogP contribution in [-0.2, 0) is 11.3 Å². The molecule has 0 amide bonds. The van der Waals surface area contributed by atoms with Gasteiger partial charge in [-0.05, 0) is 19.3 Å². The van der Waals surface area contributed by atoms with Gasteiger partial charge >= 0.3 is 5.97 Å². The number of aliphatic carboxylic acids is 1. The fourth-order valence-corrected chi connectivity index (χ4v) is 2.90. The van der Waals surface area contributed by atoms with Crippen LogP contribution in [0.1, 0.15) is 51.9 Å². The van der Waals surface area contributed by atoms with E-state index in [4.69, 9.17) is 0 Å². The van der Waals surface area contributed by atoms with E-state index in [-0.39, 0.29) is 11.4 Å². The van der Waals surface area contributed by atoms with E-state index in [1.54, 1.807) is 17.0 Å². The normalized spacial score (nSPS) is 18.0. The van der Waals surface area contributed by atoms with Crippen LogP contribution in [0, 0.1) is 0 Å². The minimum absolute atomic E-state index is 0.148. The van der Waals surface area contributed by atoms with E-state index in [0.29, 0.717) is 19.4 Å². The quantitative estimate of drug-likeness (QED) is 0.813. The first-order valence-corrected chi connectivity index (χ1v) is 7.66. The summed E-state index contributed by atoms with van der Waals surface area (Å²) in [6, 6.07) is 0. The first-order chi connectivity index (χ1) is 10.1. The number of carbonyl (C=O) groups is 1. The van der Waals surface area contributed by atoms with Gasteiger partial charge in [0, 0.05) is 18.9 Å². The van der Waals surface area contributed by atoms with Crippen molar-refractivity contribution in [2.75, 3.05) is 5.32 Å². The Labute approximate surface area is 124 Å². The highest BCUT2D eigenvalue weighted by Gasteiger charge is 2.39. The Hall–Kier alpha value is -1.85. The monoisotopic (exact) mass is 293 g/mol. The smallest absolute Gasteiger partial charge is 0.329 e. The van der Waals surface area contributed by atoms with Crippen molar-refractivity contribution in [2.45, 2.75) is 64.0 Å². The second kappa shape index (κ2) is 6.74. The molecule has 0 atom stereocenters. The molecule has 6 heteroatoms. The van der Waals surface area contributed by atoms with Crippen molar-refractivity contribution in [1.82, 2.24) is 9.55 Å². The molecule has 2 rings (SSSR count). The second-order valence-electron chi connectivity index (χ2n) is 5.70.